The minimum Gasteiger partial charge on any atom is -0.490 e. The van der Waals surface area contributed by atoms with Gasteiger partial charge in [0.15, 0.2) is 0 Å². The molecule has 0 aliphatic carbocycles. The van der Waals surface area contributed by atoms with Gasteiger partial charge in [0.25, 0.3) is 0 Å². The van der Waals surface area contributed by atoms with Gasteiger partial charge in [0.05, 0.1) is 0 Å². The van der Waals surface area contributed by atoms with Crippen LogP contribution >= 0.6 is 0 Å². The molecule has 0 fully saturated rings. The summed E-state index contributed by atoms with van der Waals surface area (Å²) in [5, 5.41) is 11.1. The quantitative estimate of drug-likeness (QED) is 0.270. The van der Waals surface area contributed by atoms with E-state index < -0.39 is 5.60 Å². The Morgan fingerprint density at radius 1 is 0.703 bits per heavy atom. The smallest absolute Gasteiger partial charge is 0.122 e. The topological polar surface area (TPSA) is 38.7 Å². The zero-order chi connectivity index (χ0) is 27.2. The van der Waals surface area contributed by atoms with Gasteiger partial charge in [-0.25, -0.2) is 0 Å². The highest BCUT2D eigenvalue weighted by atomic mass is 16.5. The summed E-state index contributed by atoms with van der Waals surface area (Å²) in [4.78, 5) is 0. The molecule has 0 spiro atoms. The number of aryl methyl sites for hydroxylation is 2. The molecule has 0 radical (unpaired) electrons. The maximum absolute atomic E-state index is 11.1. The van der Waals surface area contributed by atoms with E-state index in [1.165, 1.54) is 16.7 Å². The van der Waals surface area contributed by atoms with Crippen molar-refractivity contribution in [1.29, 1.82) is 0 Å². The normalized spacial score (nSPS) is 12.3. The molecule has 3 aromatic carbocycles. The van der Waals surface area contributed by atoms with Gasteiger partial charge < -0.3 is 14.6 Å². The van der Waals surface area contributed by atoms with Crippen LogP contribution in [0.2, 0.25) is 0 Å². The van der Waals surface area contributed by atoms with Crippen molar-refractivity contribution >= 4 is 0 Å². The average molecular weight is 503 g/mol. The first-order valence-corrected chi connectivity index (χ1v) is 13.8. The van der Waals surface area contributed by atoms with Crippen molar-refractivity contribution in [3.63, 3.8) is 0 Å². The molecule has 1 N–H and O–H groups in total. The molecular weight excluding hydrogens is 456 g/mol. The Morgan fingerprint density at radius 2 is 1.19 bits per heavy atom. The first-order valence-electron chi connectivity index (χ1n) is 13.8. The van der Waals surface area contributed by atoms with Crippen LogP contribution in [0.5, 0.6) is 11.5 Å². The highest BCUT2D eigenvalue weighted by molar-refractivity contribution is 5.48. The molecule has 37 heavy (non-hydrogen) atoms. The average Bonchev–Trinajstić information content (AvgIpc) is 2.89. The zero-order valence-corrected chi connectivity index (χ0v) is 24.1. The molecule has 0 unspecified atom stereocenters. The van der Waals surface area contributed by atoms with Gasteiger partial charge >= 0.3 is 0 Å². The molecule has 3 heteroatoms. The number of hydrogen-bond donors (Lipinski definition) is 1. The maximum Gasteiger partial charge on any atom is 0.122 e. The van der Waals surface area contributed by atoms with Gasteiger partial charge in [-0.05, 0) is 78.5 Å². The standard InChI is InChI=1S/C34H46O3/c1-9-33(10-2,29-16-18-31(26(7)20-29)36-22-28-14-12-11-13-15-28)30-17-19-32(27(8)21-30)37-23-34(35,24(3)4)25(5)6/h11-21,24-25,35H,9-10,22-23H2,1-8H3. The molecule has 0 aliphatic rings. The molecule has 3 aromatic rings. The predicted octanol–water partition coefficient (Wildman–Crippen LogP) is 8.41. The molecule has 0 aliphatic heterocycles. The van der Waals surface area contributed by atoms with Gasteiger partial charge in [-0.15, -0.1) is 0 Å². The summed E-state index contributed by atoms with van der Waals surface area (Å²) in [6.07, 6.45) is 1.99. The molecular formula is C34H46O3. The van der Waals surface area contributed by atoms with E-state index in [-0.39, 0.29) is 17.3 Å². The second-order valence-electron chi connectivity index (χ2n) is 11.1. The van der Waals surface area contributed by atoms with Crippen LogP contribution in [0.3, 0.4) is 0 Å². The van der Waals surface area contributed by atoms with E-state index in [9.17, 15) is 5.11 Å². The van der Waals surface area contributed by atoms with Gasteiger partial charge in [0.1, 0.15) is 30.3 Å². The summed E-state index contributed by atoms with van der Waals surface area (Å²) in [6.45, 7) is 17.8. The molecule has 3 nitrogen and oxygen atoms in total. The minimum absolute atomic E-state index is 0.0946. The Hall–Kier alpha value is -2.78. The number of ether oxygens (including phenoxy) is 2. The van der Waals surface area contributed by atoms with Crippen LogP contribution < -0.4 is 9.47 Å². The molecule has 0 bridgehead atoms. The van der Waals surface area contributed by atoms with Gasteiger partial charge in [-0.2, -0.15) is 0 Å². The summed E-state index contributed by atoms with van der Waals surface area (Å²) < 4.78 is 12.3. The minimum atomic E-state index is -0.858. The zero-order valence-electron chi connectivity index (χ0n) is 24.1. The summed E-state index contributed by atoms with van der Waals surface area (Å²) in [7, 11) is 0. The number of hydrogen-bond acceptors (Lipinski definition) is 3. The lowest BCUT2D eigenvalue weighted by Gasteiger charge is -2.36. The maximum atomic E-state index is 11.1. The summed E-state index contributed by atoms with van der Waals surface area (Å²) >= 11 is 0. The second kappa shape index (κ2) is 12.2. The monoisotopic (exact) mass is 502 g/mol. The fraction of sp³-hybridized carbons (Fsp3) is 0.471. The highest BCUT2D eigenvalue weighted by Crippen LogP contribution is 2.42. The fourth-order valence-corrected chi connectivity index (χ4v) is 5.38. The third-order valence-electron chi connectivity index (χ3n) is 8.36. The van der Waals surface area contributed by atoms with Gasteiger partial charge in [-0.1, -0.05) is 96.1 Å². The molecule has 0 aromatic heterocycles. The second-order valence-corrected chi connectivity index (χ2v) is 11.1. The molecule has 0 saturated heterocycles. The molecule has 0 heterocycles. The van der Waals surface area contributed by atoms with Crippen molar-refractivity contribution in [2.75, 3.05) is 6.61 Å². The van der Waals surface area contributed by atoms with E-state index in [4.69, 9.17) is 9.47 Å². The molecule has 3 rings (SSSR count). The van der Waals surface area contributed by atoms with E-state index in [0.717, 1.165) is 35.5 Å². The van der Waals surface area contributed by atoms with E-state index in [1.807, 2.05) is 18.2 Å². The number of aliphatic hydroxyl groups is 1. The summed E-state index contributed by atoms with van der Waals surface area (Å²) in [5.41, 5.74) is 5.06. The Balaban J connectivity index is 1.85. The molecule has 0 saturated carbocycles. The largest absolute Gasteiger partial charge is 0.490 e. The molecule has 200 valence electrons. The van der Waals surface area contributed by atoms with Crippen molar-refractivity contribution in [2.24, 2.45) is 11.8 Å². The van der Waals surface area contributed by atoms with Crippen LogP contribution in [-0.2, 0) is 12.0 Å². The van der Waals surface area contributed by atoms with Crippen molar-refractivity contribution in [1.82, 2.24) is 0 Å². The van der Waals surface area contributed by atoms with Crippen LogP contribution in [0.15, 0.2) is 66.7 Å². The van der Waals surface area contributed by atoms with E-state index >= 15 is 0 Å². The fourth-order valence-electron chi connectivity index (χ4n) is 5.38. The van der Waals surface area contributed by atoms with Gasteiger partial charge in [-0.3, -0.25) is 0 Å². The Labute approximate surface area is 224 Å². The van der Waals surface area contributed by atoms with Crippen LogP contribution in [-0.4, -0.2) is 17.3 Å². The Morgan fingerprint density at radius 3 is 1.62 bits per heavy atom. The Kier molecular flexibility index (Phi) is 9.47. The lowest BCUT2D eigenvalue weighted by molar-refractivity contribution is -0.0786. The van der Waals surface area contributed by atoms with Crippen LogP contribution in [0.25, 0.3) is 0 Å². The van der Waals surface area contributed by atoms with Crippen LogP contribution in [0.1, 0.15) is 82.2 Å². The predicted molar refractivity (Wildman–Crippen MR) is 155 cm³/mol. The Bertz CT molecular complexity index is 1130. The van der Waals surface area contributed by atoms with E-state index in [2.05, 4.69) is 104 Å². The van der Waals surface area contributed by atoms with Crippen molar-refractivity contribution < 1.29 is 14.6 Å². The summed E-state index contributed by atoms with van der Waals surface area (Å²) in [5.74, 6) is 1.99. The van der Waals surface area contributed by atoms with Crippen molar-refractivity contribution in [3.8, 4) is 11.5 Å². The van der Waals surface area contributed by atoms with Crippen molar-refractivity contribution in [2.45, 2.75) is 85.9 Å². The third-order valence-corrected chi connectivity index (χ3v) is 8.36. The SMILES string of the molecule is CCC(CC)(c1ccc(OCc2ccccc2)c(C)c1)c1ccc(OCC(O)(C(C)C)C(C)C)c(C)c1. The number of rotatable bonds is 12. The highest BCUT2D eigenvalue weighted by Gasteiger charge is 2.36. The first kappa shape index (κ1) is 28.8. The molecule has 0 atom stereocenters. The van der Waals surface area contributed by atoms with Gasteiger partial charge in [0, 0.05) is 5.41 Å². The number of benzene rings is 3. The van der Waals surface area contributed by atoms with E-state index in [1.54, 1.807) is 0 Å². The van der Waals surface area contributed by atoms with Crippen LogP contribution in [0.4, 0.5) is 0 Å². The molecule has 0 amide bonds. The van der Waals surface area contributed by atoms with Crippen molar-refractivity contribution in [3.05, 3.63) is 94.5 Å². The third kappa shape index (κ3) is 6.21. The van der Waals surface area contributed by atoms with Crippen LogP contribution in [0, 0.1) is 25.7 Å². The first-order chi connectivity index (χ1) is 17.6. The van der Waals surface area contributed by atoms with Gasteiger partial charge in [0.2, 0.25) is 0 Å². The lowest BCUT2D eigenvalue weighted by Crippen LogP contribution is -2.46. The van der Waals surface area contributed by atoms with E-state index in [0.29, 0.717) is 13.2 Å². The summed E-state index contributed by atoms with van der Waals surface area (Å²) in [6, 6.07) is 23.5. The lowest BCUT2D eigenvalue weighted by atomic mass is 9.70.